The highest BCUT2D eigenvalue weighted by molar-refractivity contribution is 5.76. The second-order valence-corrected chi connectivity index (χ2v) is 9.77. The number of nitrogens with zero attached hydrogens (tertiary/aromatic N) is 1. The van der Waals surface area contributed by atoms with Gasteiger partial charge in [0.2, 0.25) is 5.91 Å². The summed E-state index contributed by atoms with van der Waals surface area (Å²) in [5.74, 6) is 2.30. The molecule has 5 rings (SSSR count). The van der Waals surface area contributed by atoms with E-state index in [9.17, 15) is 9.90 Å². The van der Waals surface area contributed by atoms with Crippen LogP contribution in [0.15, 0.2) is 0 Å². The van der Waals surface area contributed by atoms with E-state index in [4.69, 9.17) is 0 Å². The third kappa shape index (κ3) is 3.50. The number of nitrogens with one attached hydrogen (secondary N) is 1. The van der Waals surface area contributed by atoms with Gasteiger partial charge in [0.1, 0.15) is 0 Å². The van der Waals surface area contributed by atoms with E-state index in [-0.39, 0.29) is 11.3 Å². The second-order valence-electron chi connectivity index (χ2n) is 9.77. The van der Waals surface area contributed by atoms with Gasteiger partial charge in [-0.25, -0.2) is 0 Å². The summed E-state index contributed by atoms with van der Waals surface area (Å²) in [5, 5.41) is 14.0. The molecule has 5 aliphatic rings. The minimum atomic E-state index is -0.447. The largest absolute Gasteiger partial charge is 0.390 e. The molecule has 0 radical (unpaired) electrons. The maximum absolute atomic E-state index is 12.5. The van der Waals surface area contributed by atoms with Crippen LogP contribution in [0.3, 0.4) is 0 Å². The lowest BCUT2D eigenvalue weighted by atomic mass is 9.47. The number of hydrogen-bond donors (Lipinski definition) is 2. The fraction of sp³-hybridized carbons (Fsp3) is 0.950. The summed E-state index contributed by atoms with van der Waals surface area (Å²) in [6.07, 6.45) is 10.8. The lowest BCUT2D eigenvalue weighted by molar-refractivity contribution is -0.169. The first-order valence-corrected chi connectivity index (χ1v) is 10.1. The molecule has 1 aliphatic heterocycles. The van der Waals surface area contributed by atoms with Crippen molar-refractivity contribution < 1.29 is 9.90 Å². The Bertz CT molecular complexity index is 478. The van der Waals surface area contributed by atoms with Crippen molar-refractivity contribution in [1.82, 2.24) is 10.2 Å². The molecule has 0 spiro atoms. The van der Waals surface area contributed by atoms with E-state index in [1.807, 2.05) is 0 Å². The highest BCUT2D eigenvalue weighted by atomic mass is 16.3. The molecular weight excluding hydrogens is 300 g/mol. The molecule has 0 unspecified atom stereocenters. The van der Waals surface area contributed by atoms with E-state index >= 15 is 0 Å². The van der Waals surface area contributed by atoms with Crippen LogP contribution in [0.2, 0.25) is 0 Å². The fourth-order valence-electron chi connectivity index (χ4n) is 6.94. The third-order valence-corrected chi connectivity index (χ3v) is 7.28. The summed E-state index contributed by atoms with van der Waals surface area (Å²) in [6, 6.07) is 0. The predicted molar refractivity (Wildman–Crippen MR) is 94.5 cm³/mol. The topological polar surface area (TPSA) is 52.6 Å². The number of hydrogen-bond acceptors (Lipinski definition) is 3. The quantitative estimate of drug-likeness (QED) is 0.812. The fourth-order valence-corrected chi connectivity index (χ4v) is 6.94. The van der Waals surface area contributed by atoms with Gasteiger partial charge in [0.05, 0.1) is 5.60 Å². The average molecular weight is 335 g/mol. The van der Waals surface area contributed by atoms with Crippen LogP contribution in [0.1, 0.15) is 64.2 Å². The SMILES string of the molecule is CN1CCC[C@H](CCNC(=O)CC23C[C@@H]4C[C@H](CC(O)(C4)C2)C3)C1. The van der Waals surface area contributed by atoms with Crippen molar-refractivity contribution in [2.75, 3.05) is 26.7 Å². The van der Waals surface area contributed by atoms with Crippen LogP contribution in [0.25, 0.3) is 0 Å². The van der Waals surface area contributed by atoms with Crippen molar-refractivity contribution in [1.29, 1.82) is 0 Å². The zero-order chi connectivity index (χ0) is 16.8. The van der Waals surface area contributed by atoms with Crippen molar-refractivity contribution >= 4 is 5.91 Å². The number of likely N-dealkylation sites (tertiary alicyclic amines) is 1. The van der Waals surface area contributed by atoms with Crippen LogP contribution in [-0.4, -0.2) is 48.2 Å². The molecule has 2 N–H and O–H groups in total. The first kappa shape index (κ1) is 16.8. The van der Waals surface area contributed by atoms with Gasteiger partial charge in [-0.15, -0.1) is 0 Å². The molecule has 4 saturated carbocycles. The van der Waals surface area contributed by atoms with E-state index in [0.717, 1.165) is 38.1 Å². The molecule has 0 aromatic carbocycles. The molecule has 3 atom stereocenters. The molecule has 0 aromatic heterocycles. The van der Waals surface area contributed by atoms with Gasteiger partial charge in [0, 0.05) is 19.5 Å². The van der Waals surface area contributed by atoms with E-state index in [1.54, 1.807) is 0 Å². The minimum Gasteiger partial charge on any atom is -0.390 e. The number of carbonyl (C=O) groups excluding carboxylic acids is 1. The van der Waals surface area contributed by atoms with Crippen LogP contribution in [0.5, 0.6) is 0 Å². The van der Waals surface area contributed by atoms with Gasteiger partial charge in [-0.05, 0) is 94.5 Å². The van der Waals surface area contributed by atoms with Gasteiger partial charge in [0.25, 0.3) is 0 Å². The summed E-state index contributed by atoms with van der Waals surface area (Å²) in [6.45, 7) is 3.22. The molecule has 1 saturated heterocycles. The monoisotopic (exact) mass is 334 g/mol. The molecule has 5 fully saturated rings. The number of aliphatic hydroxyl groups is 1. The summed E-state index contributed by atoms with van der Waals surface area (Å²) in [7, 11) is 2.20. The first-order chi connectivity index (χ1) is 11.4. The Balaban J connectivity index is 1.26. The molecule has 4 aliphatic carbocycles. The lowest BCUT2D eigenvalue weighted by Gasteiger charge is -2.60. The molecule has 4 heteroatoms. The average Bonchev–Trinajstić information content (AvgIpc) is 2.43. The molecular formula is C20H34N2O2. The van der Waals surface area contributed by atoms with E-state index < -0.39 is 5.60 Å². The van der Waals surface area contributed by atoms with Crippen molar-refractivity contribution in [3.63, 3.8) is 0 Å². The van der Waals surface area contributed by atoms with E-state index in [0.29, 0.717) is 18.3 Å². The van der Waals surface area contributed by atoms with Crippen LogP contribution in [0.4, 0.5) is 0 Å². The zero-order valence-electron chi connectivity index (χ0n) is 15.2. The van der Waals surface area contributed by atoms with Crippen molar-refractivity contribution in [3.8, 4) is 0 Å². The highest BCUT2D eigenvalue weighted by Gasteiger charge is 2.57. The molecule has 4 nitrogen and oxygen atoms in total. The van der Waals surface area contributed by atoms with E-state index in [2.05, 4.69) is 17.3 Å². The molecule has 4 bridgehead atoms. The smallest absolute Gasteiger partial charge is 0.220 e. The third-order valence-electron chi connectivity index (χ3n) is 7.28. The normalized spacial score (nSPS) is 44.7. The Labute approximate surface area is 146 Å². The minimum absolute atomic E-state index is 0.105. The highest BCUT2D eigenvalue weighted by Crippen LogP contribution is 2.62. The Morgan fingerprint density at radius 1 is 1.25 bits per heavy atom. The Kier molecular flexibility index (Phi) is 4.41. The summed E-state index contributed by atoms with van der Waals surface area (Å²) < 4.78 is 0. The summed E-state index contributed by atoms with van der Waals surface area (Å²) in [5.41, 5.74) is -0.342. The van der Waals surface area contributed by atoms with Crippen molar-refractivity contribution in [2.24, 2.45) is 23.2 Å². The number of amides is 1. The van der Waals surface area contributed by atoms with Crippen LogP contribution < -0.4 is 5.32 Å². The number of piperidine rings is 1. The van der Waals surface area contributed by atoms with Crippen LogP contribution in [-0.2, 0) is 4.79 Å². The van der Waals surface area contributed by atoms with Gasteiger partial charge in [0.15, 0.2) is 0 Å². The standard InChI is InChI=1S/C20H34N2O2/c1-22-6-2-3-15(13-22)4-5-21-18(23)12-19-8-16-7-17(9-19)11-20(24,10-16)14-19/h15-17,24H,2-14H2,1H3,(H,21,23)/t15-,16+,17+,19?,20?/m1/s1. The maximum Gasteiger partial charge on any atom is 0.220 e. The van der Waals surface area contributed by atoms with E-state index in [1.165, 1.54) is 45.2 Å². The Morgan fingerprint density at radius 2 is 2.00 bits per heavy atom. The summed E-state index contributed by atoms with van der Waals surface area (Å²) >= 11 is 0. The van der Waals surface area contributed by atoms with Crippen LogP contribution in [0, 0.1) is 23.2 Å². The lowest BCUT2D eigenvalue weighted by Crippen LogP contribution is -2.56. The van der Waals surface area contributed by atoms with Gasteiger partial charge in [-0.3, -0.25) is 4.79 Å². The maximum atomic E-state index is 12.5. The Hall–Kier alpha value is -0.610. The zero-order valence-corrected chi connectivity index (χ0v) is 15.2. The van der Waals surface area contributed by atoms with Gasteiger partial charge in [-0.2, -0.15) is 0 Å². The van der Waals surface area contributed by atoms with Crippen molar-refractivity contribution in [3.05, 3.63) is 0 Å². The van der Waals surface area contributed by atoms with Gasteiger partial charge >= 0.3 is 0 Å². The molecule has 1 heterocycles. The molecule has 0 aromatic rings. The van der Waals surface area contributed by atoms with Gasteiger partial charge < -0.3 is 15.3 Å². The molecule has 1 amide bonds. The predicted octanol–water partition coefficient (Wildman–Crippen LogP) is 2.56. The first-order valence-electron chi connectivity index (χ1n) is 10.1. The molecule has 24 heavy (non-hydrogen) atoms. The molecule has 136 valence electrons. The Morgan fingerprint density at radius 3 is 2.67 bits per heavy atom. The van der Waals surface area contributed by atoms with Crippen LogP contribution >= 0.6 is 0 Å². The second kappa shape index (κ2) is 6.28. The van der Waals surface area contributed by atoms with Crippen molar-refractivity contribution in [2.45, 2.75) is 69.8 Å². The summed E-state index contributed by atoms with van der Waals surface area (Å²) in [4.78, 5) is 14.9. The number of carbonyl (C=O) groups is 1. The number of rotatable bonds is 5. The van der Waals surface area contributed by atoms with Gasteiger partial charge in [-0.1, -0.05) is 0 Å².